The minimum atomic E-state index is 0.0181. The zero-order valence-electron chi connectivity index (χ0n) is 16.0. The van der Waals surface area contributed by atoms with E-state index < -0.39 is 0 Å². The summed E-state index contributed by atoms with van der Waals surface area (Å²) < 4.78 is 7.14. The molecule has 144 valence electrons. The van der Waals surface area contributed by atoms with Gasteiger partial charge in [-0.25, -0.2) is 9.97 Å². The highest BCUT2D eigenvalue weighted by atomic mass is 16.5. The van der Waals surface area contributed by atoms with Gasteiger partial charge in [0.1, 0.15) is 17.8 Å². The van der Waals surface area contributed by atoms with Gasteiger partial charge in [0.15, 0.2) is 0 Å². The fourth-order valence-corrected chi connectivity index (χ4v) is 3.83. The molecule has 2 aliphatic heterocycles. The molecule has 2 aromatic rings. The van der Waals surface area contributed by atoms with Crippen LogP contribution in [0.3, 0.4) is 0 Å². The summed E-state index contributed by atoms with van der Waals surface area (Å²) in [5.41, 5.74) is 3.73. The predicted octanol–water partition coefficient (Wildman–Crippen LogP) is 1.20. The first-order chi connectivity index (χ1) is 13.2. The van der Waals surface area contributed by atoms with Crippen LogP contribution in [-0.4, -0.2) is 63.4 Å². The largest absolute Gasteiger partial charge is 0.378 e. The van der Waals surface area contributed by atoms with Gasteiger partial charge in [0.05, 0.1) is 31.1 Å². The summed E-state index contributed by atoms with van der Waals surface area (Å²) in [4.78, 5) is 26.2. The topological polar surface area (TPSA) is 76.4 Å². The van der Waals surface area contributed by atoms with E-state index in [4.69, 9.17) is 4.74 Å². The zero-order valence-corrected chi connectivity index (χ0v) is 16.0. The maximum atomic E-state index is 13.0. The van der Waals surface area contributed by atoms with E-state index in [0.29, 0.717) is 18.8 Å². The molecular weight excluding hydrogens is 344 g/mol. The van der Waals surface area contributed by atoms with Crippen LogP contribution in [0.1, 0.15) is 40.8 Å². The zero-order chi connectivity index (χ0) is 18.8. The summed E-state index contributed by atoms with van der Waals surface area (Å²) in [6.45, 7) is 6.45. The number of ether oxygens (including phenoxy) is 1. The van der Waals surface area contributed by atoms with E-state index in [9.17, 15) is 4.79 Å². The monoisotopic (exact) mass is 370 g/mol. The third-order valence-corrected chi connectivity index (χ3v) is 5.24. The number of anilines is 1. The first-order valence-corrected chi connectivity index (χ1v) is 9.65. The van der Waals surface area contributed by atoms with Crippen molar-refractivity contribution in [2.24, 2.45) is 7.05 Å². The van der Waals surface area contributed by atoms with Crippen LogP contribution in [0, 0.1) is 0 Å². The summed E-state index contributed by atoms with van der Waals surface area (Å²) in [5.74, 6) is 1.02. The number of rotatable bonds is 4. The van der Waals surface area contributed by atoms with Crippen molar-refractivity contribution in [1.82, 2.24) is 24.6 Å². The molecule has 2 aromatic heterocycles. The van der Waals surface area contributed by atoms with E-state index >= 15 is 0 Å². The summed E-state index contributed by atoms with van der Waals surface area (Å²) >= 11 is 0. The van der Waals surface area contributed by atoms with Crippen LogP contribution in [0.15, 0.2) is 12.4 Å². The molecule has 1 amide bonds. The Labute approximate surface area is 159 Å². The minimum Gasteiger partial charge on any atom is -0.378 e. The lowest BCUT2D eigenvalue weighted by Gasteiger charge is -2.33. The van der Waals surface area contributed by atoms with Crippen molar-refractivity contribution in [2.75, 3.05) is 37.7 Å². The summed E-state index contributed by atoms with van der Waals surface area (Å²) in [5, 5.41) is 4.46. The van der Waals surface area contributed by atoms with Gasteiger partial charge in [-0.2, -0.15) is 5.10 Å². The second kappa shape index (κ2) is 7.64. The van der Waals surface area contributed by atoms with E-state index in [2.05, 4.69) is 26.9 Å². The lowest BCUT2D eigenvalue weighted by atomic mass is 10.0. The van der Waals surface area contributed by atoms with Crippen molar-refractivity contribution in [3.8, 4) is 0 Å². The molecule has 0 aliphatic carbocycles. The fraction of sp³-hybridized carbons (Fsp3) is 0.579. The van der Waals surface area contributed by atoms with Crippen molar-refractivity contribution >= 4 is 11.7 Å². The Morgan fingerprint density at radius 2 is 2.04 bits per heavy atom. The number of morpholine rings is 1. The number of aryl methyl sites for hydroxylation is 2. The molecule has 4 rings (SSSR count). The molecule has 0 N–H and O–H groups in total. The predicted molar refractivity (Wildman–Crippen MR) is 101 cm³/mol. The molecule has 0 unspecified atom stereocenters. The lowest BCUT2D eigenvalue weighted by Crippen LogP contribution is -2.41. The average molecular weight is 370 g/mol. The third kappa shape index (κ3) is 3.53. The van der Waals surface area contributed by atoms with Gasteiger partial charge in [0.25, 0.3) is 5.91 Å². The van der Waals surface area contributed by atoms with Gasteiger partial charge >= 0.3 is 0 Å². The molecule has 0 spiro atoms. The van der Waals surface area contributed by atoms with Crippen molar-refractivity contribution in [2.45, 2.75) is 32.7 Å². The van der Waals surface area contributed by atoms with Gasteiger partial charge in [-0.3, -0.25) is 9.48 Å². The lowest BCUT2D eigenvalue weighted by molar-refractivity contribution is 0.0720. The van der Waals surface area contributed by atoms with Crippen LogP contribution in [-0.2, 0) is 31.2 Å². The Kier molecular flexibility index (Phi) is 5.07. The number of aromatic nitrogens is 4. The van der Waals surface area contributed by atoms with Gasteiger partial charge in [-0.15, -0.1) is 0 Å². The van der Waals surface area contributed by atoms with Gasteiger partial charge in [-0.1, -0.05) is 13.3 Å². The van der Waals surface area contributed by atoms with E-state index in [0.717, 1.165) is 62.8 Å². The number of hydrogen-bond acceptors (Lipinski definition) is 6. The highest BCUT2D eigenvalue weighted by Crippen LogP contribution is 2.27. The van der Waals surface area contributed by atoms with Crippen LogP contribution in [0.25, 0.3) is 0 Å². The van der Waals surface area contributed by atoms with E-state index in [-0.39, 0.29) is 5.91 Å². The fourth-order valence-electron chi connectivity index (χ4n) is 3.83. The summed E-state index contributed by atoms with van der Waals surface area (Å²) in [7, 11) is 1.84. The standard InChI is InChI=1S/C19H26N6O2/c1-3-4-14-11-17(23(2)22-14)19(26)25-6-5-15-16(12-25)20-13-21-18(15)24-7-9-27-10-8-24/h11,13H,3-10,12H2,1-2H3. The van der Waals surface area contributed by atoms with E-state index in [1.807, 2.05) is 18.0 Å². The van der Waals surface area contributed by atoms with Crippen molar-refractivity contribution in [3.05, 3.63) is 35.0 Å². The SMILES string of the molecule is CCCc1cc(C(=O)N2CCc3c(ncnc3N3CCOCC3)C2)n(C)n1. The molecule has 0 atom stereocenters. The Hall–Kier alpha value is -2.48. The van der Waals surface area contributed by atoms with Crippen LogP contribution in [0.4, 0.5) is 5.82 Å². The molecule has 27 heavy (non-hydrogen) atoms. The van der Waals surface area contributed by atoms with Crippen molar-refractivity contribution in [1.29, 1.82) is 0 Å². The smallest absolute Gasteiger partial charge is 0.272 e. The molecule has 2 aliphatic rings. The van der Waals surface area contributed by atoms with Gasteiger partial charge in [0.2, 0.25) is 0 Å². The average Bonchev–Trinajstić information content (AvgIpc) is 3.07. The number of amides is 1. The van der Waals surface area contributed by atoms with Gasteiger partial charge in [-0.05, 0) is 18.9 Å². The second-order valence-corrected chi connectivity index (χ2v) is 7.09. The van der Waals surface area contributed by atoms with Gasteiger partial charge in [0, 0.05) is 32.2 Å². The first-order valence-electron chi connectivity index (χ1n) is 9.65. The Morgan fingerprint density at radius 1 is 1.22 bits per heavy atom. The third-order valence-electron chi connectivity index (χ3n) is 5.24. The molecule has 0 radical (unpaired) electrons. The second-order valence-electron chi connectivity index (χ2n) is 7.09. The van der Waals surface area contributed by atoms with Crippen LogP contribution >= 0.6 is 0 Å². The number of carbonyl (C=O) groups is 1. The molecule has 1 fully saturated rings. The Morgan fingerprint density at radius 3 is 2.81 bits per heavy atom. The van der Waals surface area contributed by atoms with E-state index in [1.54, 1.807) is 11.0 Å². The maximum absolute atomic E-state index is 13.0. The van der Waals surface area contributed by atoms with Crippen LogP contribution in [0.5, 0.6) is 0 Å². The highest BCUT2D eigenvalue weighted by molar-refractivity contribution is 5.92. The summed E-state index contributed by atoms with van der Waals surface area (Å²) in [6, 6.07) is 1.92. The number of hydrogen-bond donors (Lipinski definition) is 0. The molecule has 1 saturated heterocycles. The molecule has 4 heterocycles. The highest BCUT2D eigenvalue weighted by Gasteiger charge is 2.28. The van der Waals surface area contributed by atoms with Crippen LogP contribution in [0.2, 0.25) is 0 Å². The van der Waals surface area contributed by atoms with Crippen molar-refractivity contribution < 1.29 is 9.53 Å². The molecule has 0 bridgehead atoms. The number of nitrogens with zero attached hydrogens (tertiary/aromatic N) is 6. The Bertz CT molecular complexity index is 828. The van der Waals surface area contributed by atoms with Crippen LogP contribution < -0.4 is 4.90 Å². The molecule has 8 heteroatoms. The maximum Gasteiger partial charge on any atom is 0.272 e. The minimum absolute atomic E-state index is 0.0181. The van der Waals surface area contributed by atoms with Crippen molar-refractivity contribution in [3.63, 3.8) is 0 Å². The Balaban J connectivity index is 1.54. The molecule has 0 saturated carbocycles. The quantitative estimate of drug-likeness (QED) is 0.805. The molecule has 0 aromatic carbocycles. The normalized spacial score (nSPS) is 17.1. The molecular formula is C19H26N6O2. The molecule has 8 nitrogen and oxygen atoms in total. The summed E-state index contributed by atoms with van der Waals surface area (Å²) in [6.07, 6.45) is 4.29. The number of fused-ring (bicyclic) bond motifs is 1. The first kappa shape index (κ1) is 17.9. The number of carbonyl (C=O) groups excluding carboxylic acids is 1. The van der Waals surface area contributed by atoms with Gasteiger partial charge < -0.3 is 14.5 Å². The van der Waals surface area contributed by atoms with E-state index in [1.165, 1.54) is 5.56 Å².